The van der Waals surface area contributed by atoms with Gasteiger partial charge < -0.3 is 5.32 Å². The molecule has 0 spiro atoms. The van der Waals surface area contributed by atoms with Gasteiger partial charge in [0.25, 0.3) is 0 Å². The van der Waals surface area contributed by atoms with Gasteiger partial charge in [0.1, 0.15) is 5.82 Å². The Morgan fingerprint density at radius 3 is 2.85 bits per heavy atom. The van der Waals surface area contributed by atoms with Crippen LogP contribution in [0.4, 0.5) is 5.82 Å². The summed E-state index contributed by atoms with van der Waals surface area (Å²) in [5.41, 5.74) is 1.41. The average Bonchev–Trinajstić information content (AvgIpc) is 2.81. The summed E-state index contributed by atoms with van der Waals surface area (Å²) in [6.07, 6.45) is 8.48. The van der Waals surface area contributed by atoms with Gasteiger partial charge >= 0.3 is 0 Å². The van der Waals surface area contributed by atoms with Crippen LogP contribution in [0.25, 0.3) is 0 Å². The van der Waals surface area contributed by atoms with Crippen molar-refractivity contribution in [3.8, 4) is 0 Å². The highest BCUT2D eigenvalue weighted by Gasteiger charge is 2.29. The third-order valence-corrected chi connectivity index (χ3v) is 4.61. The number of likely N-dealkylation sites (tertiary alicyclic amines) is 1. The Labute approximate surface area is 122 Å². The van der Waals surface area contributed by atoms with Gasteiger partial charge in [0.05, 0.1) is 0 Å². The summed E-state index contributed by atoms with van der Waals surface area (Å²) in [6.45, 7) is 7.06. The van der Waals surface area contributed by atoms with Crippen LogP contribution in [0.5, 0.6) is 0 Å². The summed E-state index contributed by atoms with van der Waals surface area (Å²) < 4.78 is 0. The van der Waals surface area contributed by atoms with Crippen molar-refractivity contribution in [1.29, 1.82) is 0 Å². The van der Waals surface area contributed by atoms with Gasteiger partial charge in [-0.3, -0.25) is 4.90 Å². The number of hydrogen-bond acceptors (Lipinski definition) is 3. The largest absolute Gasteiger partial charge is 0.367 e. The molecular formula is C17H27N3. The Kier molecular flexibility index (Phi) is 4.25. The van der Waals surface area contributed by atoms with E-state index in [1.54, 1.807) is 0 Å². The second kappa shape index (κ2) is 6.13. The van der Waals surface area contributed by atoms with Gasteiger partial charge in [0.15, 0.2) is 0 Å². The number of rotatable bonds is 5. The van der Waals surface area contributed by atoms with E-state index in [-0.39, 0.29) is 0 Å². The standard InChI is InChI=1S/C17H27N3/c1-13(2)12-20-11-5-9-16(20)15-8-4-10-18-17(15)19-14-6-3-7-14/h4,8,10,13-14,16H,3,5-7,9,11-12H2,1-2H3,(H,18,19). The van der Waals surface area contributed by atoms with Crippen molar-refractivity contribution < 1.29 is 0 Å². The zero-order valence-electron chi connectivity index (χ0n) is 12.8. The molecule has 0 aromatic carbocycles. The maximum atomic E-state index is 4.62. The molecule has 20 heavy (non-hydrogen) atoms. The lowest BCUT2D eigenvalue weighted by Crippen LogP contribution is -2.31. The SMILES string of the molecule is CC(C)CN1CCCC1c1cccnc1NC1CCC1. The Morgan fingerprint density at radius 2 is 2.15 bits per heavy atom. The van der Waals surface area contributed by atoms with Crippen molar-refractivity contribution in [3.63, 3.8) is 0 Å². The van der Waals surface area contributed by atoms with Crippen LogP contribution in [0, 0.1) is 5.92 Å². The number of nitrogens with one attached hydrogen (secondary N) is 1. The third-order valence-electron chi connectivity index (χ3n) is 4.61. The van der Waals surface area contributed by atoms with Crippen molar-refractivity contribution in [2.45, 2.75) is 58.0 Å². The molecule has 2 aliphatic rings. The molecule has 3 rings (SSSR count). The highest BCUT2D eigenvalue weighted by molar-refractivity contribution is 5.47. The minimum absolute atomic E-state index is 0.564. The van der Waals surface area contributed by atoms with E-state index in [9.17, 15) is 0 Å². The molecule has 0 radical (unpaired) electrons. The van der Waals surface area contributed by atoms with Crippen LogP contribution in [0.3, 0.4) is 0 Å². The van der Waals surface area contributed by atoms with Gasteiger partial charge in [-0.25, -0.2) is 4.98 Å². The molecule has 1 aromatic rings. The maximum Gasteiger partial charge on any atom is 0.130 e. The fraction of sp³-hybridized carbons (Fsp3) is 0.706. The summed E-state index contributed by atoms with van der Waals surface area (Å²) >= 11 is 0. The Morgan fingerprint density at radius 1 is 1.30 bits per heavy atom. The van der Waals surface area contributed by atoms with Crippen LogP contribution in [0.1, 0.15) is 57.6 Å². The molecular weight excluding hydrogens is 246 g/mol. The molecule has 1 aliphatic carbocycles. The van der Waals surface area contributed by atoms with E-state index >= 15 is 0 Å². The lowest BCUT2D eigenvalue weighted by atomic mass is 9.92. The molecule has 2 fully saturated rings. The van der Waals surface area contributed by atoms with Crippen molar-refractivity contribution in [1.82, 2.24) is 9.88 Å². The summed E-state index contributed by atoms with van der Waals surface area (Å²) in [5, 5.41) is 3.66. The van der Waals surface area contributed by atoms with Crippen LogP contribution >= 0.6 is 0 Å². The van der Waals surface area contributed by atoms with Crippen molar-refractivity contribution in [2.24, 2.45) is 5.92 Å². The lowest BCUT2D eigenvalue weighted by Gasteiger charge is -2.31. The highest BCUT2D eigenvalue weighted by atomic mass is 15.2. The predicted molar refractivity (Wildman–Crippen MR) is 83.9 cm³/mol. The monoisotopic (exact) mass is 273 g/mol. The smallest absolute Gasteiger partial charge is 0.130 e. The quantitative estimate of drug-likeness (QED) is 0.883. The molecule has 1 atom stereocenters. The number of aromatic nitrogens is 1. The van der Waals surface area contributed by atoms with Crippen molar-refractivity contribution in [2.75, 3.05) is 18.4 Å². The van der Waals surface area contributed by atoms with Gasteiger partial charge in [0, 0.05) is 30.4 Å². The fourth-order valence-electron chi connectivity index (χ4n) is 3.42. The highest BCUT2D eigenvalue weighted by Crippen LogP contribution is 2.36. The minimum Gasteiger partial charge on any atom is -0.367 e. The van der Waals surface area contributed by atoms with Gasteiger partial charge in [-0.2, -0.15) is 0 Å². The molecule has 2 heterocycles. The number of pyridine rings is 1. The summed E-state index contributed by atoms with van der Waals surface area (Å²) in [6, 6.07) is 5.59. The fourth-order valence-corrected chi connectivity index (χ4v) is 3.42. The van der Waals surface area contributed by atoms with Gasteiger partial charge in [-0.1, -0.05) is 19.9 Å². The molecule has 1 N–H and O–H groups in total. The summed E-state index contributed by atoms with van der Waals surface area (Å²) in [5.74, 6) is 1.87. The number of anilines is 1. The van der Waals surface area contributed by atoms with E-state index in [0.717, 1.165) is 11.7 Å². The molecule has 1 aromatic heterocycles. The summed E-state index contributed by atoms with van der Waals surface area (Å²) in [4.78, 5) is 7.27. The Hall–Kier alpha value is -1.09. The molecule has 1 saturated carbocycles. The molecule has 3 nitrogen and oxygen atoms in total. The minimum atomic E-state index is 0.564. The van der Waals surface area contributed by atoms with Gasteiger partial charge in [-0.15, -0.1) is 0 Å². The predicted octanol–water partition coefficient (Wildman–Crippen LogP) is 3.84. The van der Waals surface area contributed by atoms with E-state index in [4.69, 9.17) is 0 Å². The van der Waals surface area contributed by atoms with E-state index in [2.05, 4.69) is 41.2 Å². The van der Waals surface area contributed by atoms with E-state index < -0.39 is 0 Å². The maximum absolute atomic E-state index is 4.62. The van der Waals surface area contributed by atoms with Crippen LogP contribution in [0.15, 0.2) is 18.3 Å². The number of nitrogens with zero attached hydrogens (tertiary/aromatic N) is 2. The van der Waals surface area contributed by atoms with Crippen LogP contribution in [-0.4, -0.2) is 29.0 Å². The average molecular weight is 273 g/mol. The second-order valence-electron chi connectivity index (χ2n) is 6.76. The molecule has 3 heteroatoms. The topological polar surface area (TPSA) is 28.2 Å². The Balaban J connectivity index is 1.77. The first-order valence-corrected chi connectivity index (χ1v) is 8.19. The van der Waals surface area contributed by atoms with E-state index in [1.165, 1.54) is 50.8 Å². The molecule has 1 unspecified atom stereocenters. The van der Waals surface area contributed by atoms with Crippen molar-refractivity contribution in [3.05, 3.63) is 23.9 Å². The molecule has 0 amide bonds. The normalized spacial score (nSPS) is 24.1. The van der Waals surface area contributed by atoms with Crippen molar-refractivity contribution >= 4 is 5.82 Å². The molecule has 110 valence electrons. The van der Waals surface area contributed by atoms with Gasteiger partial charge in [0.2, 0.25) is 0 Å². The molecule has 1 saturated heterocycles. The van der Waals surface area contributed by atoms with Crippen LogP contribution < -0.4 is 5.32 Å². The molecule has 1 aliphatic heterocycles. The lowest BCUT2D eigenvalue weighted by molar-refractivity contribution is 0.229. The van der Waals surface area contributed by atoms with E-state index in [1.807, 2.05) is 6.20 Å². The first-order chi connectivity index (χ1) is 9.74. The zero-order valence-corrected chi connectivity index (χ0v) is 12.8. The summed E-state index contributed by atoms with van der Waals surface area (Å²) in [7, 11) is 0. The number of hydrogen-bond donors (Lipinski definition) is 1. The van der Waals surface area contributed by atoms with Gasteiger partial charge in [-0.05, 0) is 50.6 Å². The molecule has 0 bridgehead atoms. The first kappa shape index (κ1) is 13.9. The van der Waals surface area contributed by atoms with E-state index in [0.29, 0.717) is 12.1 Å². The van der Waals surface area contributed by atoms with Crippen LogP contribution in [0.2, 0.25) is 0 Å². The van der Waals surface area contributed by atoms with Crippen LogP contribution in [-0.2, 0) is 0 Å². The third kappa shape index (κ3) is 2.98. The first-order valence-electron chi connectivity index (χ1n) is 8.19. The Bertz CT molecular complexity index is 440. The zero-order chi connectivity index (χ0) is 13.9. The second-order valence-corrected chi connectivity index (χ2v) is 6.76.